The average molecular weight is 310 g/mol. The number of hydrogen-bond donors (Lipinski definition) is 1. The first kappa shape index (κ1) is 15.5. The fourth-order valence-electron chi connectivity index (χ4n) is 1.56. The standard InChI is InChI=1S/C12H18N6O2S/c1-3-4-5-13-10(19)6-9-15-11(20-17-9)7-21-12-16-14-8-18(12)2/h8H,3-7H2,1-2H3,(H,13,19). The van der Waals surface area contributed by atoms with Crippen LogP contribution in [0.25, 0.3) is 0 Å². The molecule has 0 aliphatic heterocycles. The zero-order valence-corrected chi connectivity index (χ0v) is 12.9. The van der Waals surface area contributed by atoms with Crippen molar-refractivity contribution in [3.63, 3.8) is 0 Å². The summed E-state index contributed by atoms with van der Waals surface area (Å²) in [5.74, 6) is 1.28. The summed E-state index contributed by atoms with van der Waals surface area (Å²) in [6.45, 7) is 2.76. The van der Waals surface area contributed by atoms with Gasteiger partial charge in [0, 0.05) is 13.6 Å². The Balaban J connectivity index is 1.78. The first-order valence-electron chi connectivity index (χ1n) is 6.74. The van der Waals surface area contributed by atoms with Crippen molar-refractivity contribution < 1.29 is 9.32 Å². The summed E-state index contributed by atoms with van der Waals surface area (Å²) in [5, 5.41) is 15.1. The topological polar surface area (TPSA) is 98.7 Å². The molecule has 9 heteroatoms. The van der Waals surface area contributed by atoms with Crippen molar-refractivity contribution in [3.05, 3.63) is 18.0 Å². The molecule has 2 aromatic heterocycles. The largest absolute Gasteiger partial charge is 0.356 e. The molecule has 8 nitrogen and oxygen atoms in total. The Morgan fingerprint density at radius 2 is 2.38 bits per heavy atom. The molecular formula is C12H18N6O2S. The van der Waals surface area contributed by atoms with Gasteiger partial charge in [0.1, 0.15) is 6.33 Å². The summed E-state index contributed by atoms with van der Waals surface area (Å²) < 4.78 is 6.92. The number of thioether (sulfide) groups is 1. The molecule has 2 heterocycles. The van der Waals surface area contributed by atoms with Crippen LogP contribution in [-0.2, 0) is 24.0 Å². The molecule has 0 radical (unpaired) electrons. The highest BCUT2D eigenvalue weighted by molar-refractivity contribution is 7.98. The van der Waals surface area contributed by atoms with Crippen LogP contribution >= 0.6 is 11.8 Å². The second-order valence-electron chi connectivity index (χ2n) is 4.50. The lowest BCUT2D eigenvalue weighted by Crippen LogP contribution is -2.26. The van der Waals surface area contributed by atoms with Crippen LogP contribution in [0.2, 0.25) is 0 Å². The fourth-order valence-corrected chi connectivity index (χ4v) is 2.29. The lowest BCUT2D eigenvalue weighted by atomic mass is 10.3. The Bertz CT molecular complexity index is 582. The Morgan fingerprint density at radius 3 is 3.10 bits per heavy atom. The first-order valence-corrected chi connectivity index (χ1v) is 7.72. The number of unbranched alkanes of at least 4 members (excludes halogenated alkanes) is 1. The van der Waals surface area contributed by atoms with Gasteiger partial charge in [-0.2, -0.15) is 4.98 Å². The first-order chi connectivity index (χ1) is 10.2. The van der Waals surface area contributed by atoms with E-state index < -0.39 is 0 Å². The number of carbonyl (C=O) groups excluding carboxylic acids is 1. The Labute approximate surface area is 126 Å². The molecule has 0 fully saturated rings. The molecule has 0 bridgehead atoms. The maximum Gasteiger partial charge on any atom is 0.237 e. The molecule has 0 aliphatic carbocycles. The molecule has 0 aliphatic rings. The smallest absolute Gasteiger partial charge is 0.237 e. The SMILES string of the molecule is CCCCNC(=O)Cc1noc(CSc2nncn2C)n1. The van der Waals surface area contributed by atoms with Gasteiger partial charge < -0.3 is 14.4 Å². The molecule has 0 saturated heterocycles. The zero-order chi connectivity index (χ0) is 15.1. The van der Waals surface area contributed by atoms with Gasteiger partial charge in [0.25, 0.3) is 0 Å². The van der Waals surface area contributed by atoms with E-state index in [2.05, 4.69) is 32.6 Å². The molecule has 1 amide bonds. The van der Waals surface area contributed by atoms with Crippen LogP contribution in [0.3, 0.4) is 0 Å². The number of aromatic nitrogens is 5. The van der Waals surface area contributed by atoms with Gasteiger partial charge in [0.2, 0.25) is 11.8 Å². The van der Waals surface area contributed by atoms with Crippen LogP contribution in [0, 0.1) is 0 Å². The third-order valence-corrected chi connectivity index (χ3v) is 3.70. The van der Waals surface area contributed by atoms with E-state index in [1.807, 2.05) is 11.6 Å². The van der Waals surface area contributed by atoms with Crippen molar-refractivity contribution >= 4 is 17.7 Å². The summed E-state index contributed by atoms with van der Waals surface area (Å²) in [7, 11) is 1.86. The zero-order valence-electron chi connectivity index (χ0n) is 12.1. The van der Waals surface area contributed by atoms with Gasteiger partial charge in [-0.25, -0.2) is 0 Å². The summed E-state index contributed by atoms with van der Waals surface area (Å²) in [6, 6.07) is 0. The van der Waals surface area contributed by atoms with Crippen molar-refractivity contribution in [2.24, 2.45) is 7.05 Å². The number of amides is 1. The van der Waals surface area contributed by atoms with E-state index in [-0.39, 0.29) is 12.3 Å². The van der Waals surface area contributed by atoms with Crippen LogP contribution in [0.4, 0.5) is 0 Å². The molecule has 2 rings (SSSR count). The number of carbonyl (C=O) groups is 1. The van der Waals surface area contributed by atoms with E-state index in [4.69, 9.17) is 4.52 Å². The van der Waals surface area contributed by atoms with Crippen LogP contribution in [-0.4, -0.2) is 37.4 Å². The molecular weight excluding hydrogens is 292 g/mol. The van der Waals surface area contributed by atoms with Gasteiger partial charge in [0.15, 0.2) is 11.0 Å². The maximum atomic E-state index is 11.6. The fraction of sp³-hybridized carbons (Fsp3) is 0.583. The number of aryl methyl sites for hydroxylation is 1. The summed E-state index contributed by atoms with van der Waals surface area (Å²) >= 11 is 1.45. The van der Waals surface area contributed by atoms with Gasteiger partial charge in [-0.3, -0.25) is 4.79 Å². The van der Waals surface area contributed by atoms with E-state index in [0.29, 0.717) is 24.0 Å². The monoisotopic (exact) mass is 310 g/mol. The van der Waals surface area contributed by atoms with Crippen molar-refractivity contribution in [1.82, 2.24) is 30.2 Å². The van der Waals surface area contributed by atoms with Crippen molar-refractivity contribution in [2.75, 3.05) is 6.54 Å². The second kappa shape index (κ2) is 7.77. The van der Waals surface area contributed by atoms with E-state index in [1.54, 1.807) is 6.33 Å². The highest BCUT2D eigenvalue weighted by Crippen LogP contribution is 2.18. The number of hydrogen-bond acceptors (Lipinski definition) is 7. The summed E-state index contributed by atoms with van der Waals surface area (Å²) in [4.78, 5) is 15.8. The number of rotatable bonds is 8. The molecule has 0 saturated carbocycles. The maximum absolute atomic E-state index is 11.6. The average Bonchev–Trinajstić information content (AvgIpc) is 3.06. The highest BCUT2D eigenvalue weighted by Gasteiger charge is 2.12. The van der Waals surface area contributed by atoms with E-state index in [9.17, 15) is 4.79 Å². The Hall–Kier alpha value is -1.90. The van der Waals surface area contributed by atoms with E-state index in [1.165, 1.54) is 11.8 Å². The Kier molecular flexibility index (Phi) is 5.73. The van der Waals surface area contributed by atoms with Crippen LogP contribution in [0.1, 0.15) is 31.5 Å². The van der Waals surface area contributed by atoms with E-state index in [0.717, 1.165) is 18.0 Å². The van der Waals surface area contributed by atoms with Crippen LogP contribution < -0.4 is 5.32 Å². The lowest BCUT2D eigenvalue weighted by Gasteiger charge is -2.00. The minimum atomic E-state index is -0.0863. The van der Waals surface area contributed by atoms with Crippen LogP contribution in [0.5, 0.6) is 0 Å². The minimum Gasteiger partial charge on any atom is -0.356 e. The highest BCUT2D eigenvalue weighted by atomic mass is 32.2. The second-order valence-corrected chi connectivity index (χ2v) is 5.44. The van der Waals surface area contributed by atoms with Gasteiger partial charge >= 0.3 is 0 Å². The third-order valence-electron chi connectivity index (χ3n) is 2.68. The molecule has 114 valence electrons. The van der Waals surface area contributed by atoms with Gasteiger partial charge in [0.05, 0.1) is 12.2 Å². The molecule has 2 aromatic rings. The summed E-state index contributed by atoms with van der Waals surface area (Å²) in [5.41, 5.74) is 0. The Morgan fingerprint density at radius 1 is 1.52 bits per heavy atom. The predicted octanol–water partition coefficient (Wildman–Crippen LogP) is 0.949. The number of nitrogens with zero attached hydrogens (tertiary/aromatic N) is 5. The molecule has 0 atom stereocenters. The van der Waals surface area contributed by atoms with Crippen molar-refractivity contribution in [1.29, 1.82) is 0 Å². The van der Waals surface area contributed by atoms with Gasteiger partial charge in [-0.05, 0) is 6.42 Å². The minimum absolute atomic E-state index is 0.0863. The predicted molar refractivity (Wildman–Crippen MR) is 76.5 cm³/mol. The lowest BCUT2D eigenvalue weighted by molar-refractivity contribution is -0.120. The summed E-state index contributed by atoms with van der Waals surface area (Å²) in [6.07, 6.45) is 3.79. The third kappa shape index (κ3) is 4.85. The molecule has 0 unspecified atom stereocenters. The van der Waals surface area contributed by atoms with Gasteiger partial charge in [-0.1, -0.05) is 30.3 Å². The van der Waals surface area contributed by atoms with Crippen LogP contribution in [0.15, 0.2) is 16.0 Å². The quantitative estimate of drug-likeness (QED) is 0.572. The molecule has 0 aromatic carbocycles. The van der Waals surface area contributed by atoms with Crippen molar-refractivity contribution in [2.45, 2.75) is 37.1 Å². The molecule has 21 heavy (non-hydrogen) atoms. The normalized spacial score (nSPS) is 10.8. The van der Waals surface area contributed by atoms with Crippen molar-refractivity contribution in [3.8, 4) is 0 Å². The molecule has 1 N–H and O–H groups in total. The van der Waals surface area contributed by atoms with Gasteiger partial charge in [-0.15, -0.1) is 10.2 Å². The number of nitrogens with one attached hydrogen (secondary N) is 1. The van der Waals surface area contributed by atoms with E-state index >= 15 is 0 Å². The molecule has 0 spiro atoms.